The van der Waals surface area contributed by atoms with Crippen LogP contribution in [0.1, 0.15) is 33.4 Å². The third-order valence-electron chi connectivity index (χ3n) is 16.3. The first kappa shape index (κ1) is 41.9. The van der Waals surface area contributed by atoms with E-state index < -0.39 is 5.41 Å². The maximum absolute atomic E-state index is 6.93. The zero-order valence-corrected chi connectivity index (χ0v) is 41.3. The normalized spacial score (nSPS) is 13.0. The van der Waals surface area contributed by atoms with Gasteiger partial charge in [0.05, 0.1) is 28.2 Å². The third kappa shape index (κ3) is 5.77. The highest BCUT2D eigenvalue weighted by Gasteiger charge is 2.53. The Morgan fingerprint density at radius 3 is 1.12 bits per heavy atom. The second-order valence-corrected chi connectivity index (χ2v) is 20.4. The summed E-state index contributed by atoms with van der Waals surface area (Å²) in [4.78, 5) is 4.92. The van der Waals surface area contributed by atoms with Crippen molar-refractivity contribution in [1.82, 2.24) is 0 Å². The molecule has 1 spiro atoms. The lowest BCUT2D eigenvalue weighted by Crippen LogP contribution is -2.26. The Hall–Kier alpha value is -9.64. The molecule has 0 saturated heterocycles. The van der Waals surface area contributed by atoms with Crippen LogP contribution in [0.5, 0.6) is 0 Å². The fourth-order valence-corrected chi connectivity index (χ4v) is 13.3. The van der Waals surface area contributed by atoms with Crippen molar-refractivity contribution >= 4 is 99.5 Å². The van der Waals surface area contributed by atoms with Gasteiger partial charge in [0.1, 0.15) is 11.2 Å². The number of hydrogen-bond acceptors (Lipinski definition) is 4. The Balaban J connectivity index is 1.07. The standard InChI is InChI=1S/C71H46N2O2/c1-43-19-15-21-45(39-43)72(61-35-17-31-55-51-27-9-13-37-65(51)74-69(55)61)63-41-59-67(53-29-5-3-25-49(53)63)68-54-30-6-4-26-50(54)64(42-60(68)71(59)57-33-11-7-23-47(57)48-24-8-12-34-58(48)71)73(46-22-16-20-44(2)40-46)62-36-18-32-56-52-28-10-14-38-66(52)75-70(56)62/h3-42H,1-2H3. The molecule has 0 fully saturated rings. The van der Waals surface area contributed by atoms with Crippen LogP contribution in [0.2, 0.25) is 0 Å². The molecule has 0 amide bonds. The molecule has 2 aliphatic rings. The Bertz CT molecular complexity index is 4430. The molecule has 0 bridgehead atoms. The molecular formula is C71H46N2O2. The van der Waals surface area contributed by atoms with Gasteiger partial charge in [-0.15, -0.1) is 0 Å². The van der Waals surface area contributed by atoms with Crippen molar-refractivity contribution in [3.05, 3.63) is 276 Å². The summed E-state index contributed by atoms with van der Waals surface area (Å²) in [5.41, 5.74) is 21.4. The first-order valence-corrected chi connectivity index (χ1v) is 25.9. The van der Waals surface area contributed by atoms with Crippen molar-refractivity contribution in [3.63, 3.8) is 0 Å². The highest BCUT2D eigenvalue weighted by molar-refractivity contribution is 6.21. The van der Waals surface area contributed by atoms with Crippen LogP contribution in [0.25, 0.3) is 87.7 Å². The van der Waals surface area contributed by atoms with Gasteiger partial charge in [0, 0.05) is 43.7 Å². The average molecular weight is 959 g/mol. The summed E-state index contributed by atoms with van der Waals surface area (Å²) in [6.45, 7) is 4.36. The summed E-state index contributed by atoms with van der Waals surface area (Å²) >= 11 is 0. The molecule has 0 saturated carbocycles. The summed E-state index contributed by atoms with van der Waals surface area (Å²) < 4.78 is 13.9. The molecule has 0 atom stereocenters. The predicted molar refractivity (Wildman–Crippen MR) is 311 cm³/mol. The number of para-hydroxylation sites is 4. The van der Waals surface area contributed by atoms with Crippen LogP contribution in [-0.4, -0.2) is 0 Å². The van der Waals surface area contributed by atoms with Gasteiger partial charge in [-0.05, 0) is 141 Å². The Kier molecular flexibility index (Phi) is 8.77. The summed E-state index contributed by atoms with van der Waals surface area (Å²) in [6, 6.07) is 89.3. The third-order valence-corrected chi connectivity index (χ3v) is 16.3. The van der Waals surface area contributed by atoms with E-state index in [9.17, 15) is 0 Å². The monoisotopic (exact) mass is 958 g/mol. The maximum Gasteiger partial charge on any atom is 0.159 e. The summed E-state index contributed by atoms with van der Waals surface area (Å²) in [7, 11) is 0. The van der Waals surface area contributed by atoms with Crippen LogP contribution >= 0.6 is 0 Å². The molecule has 14 aromatic rings. The van der Waals surface area contributed by atoms with Crippen LogP contribution in [0, 0.1) is 13.8 Å². The highest BCUT2D eigenvalue weighted by atomic mass is 16.3. The fourth-order valence-electron chi connectivity index (χ4n) is 13.3. The molecule has 0 unspecified atom stereocenters. The molecule has 2 aliphatic carbocycles. The average Bonchev–Trinajstić information content (AvgIpc) is 4.40. The van der Waals surface area contributed by atoms with Gasteiger partial charge in [-0.1, -0.05) is 182 Å². The molecule has 4 nitrogen and oxygen atoms in total. The van der Waals surface area contributed by atoms with E-state index in [0.29, 0.717) is 0 Å². The topological polar surface area (TPSA) is 32.8 Å². The Morgan fingerprint density at radius 2 is 0.667 bits per heavy atom. The second kappa shape index (κ2) is 15.7. The van der Waals surface area contributed by atoms with Gasteiger partial charge in [-0.3, -0.25) is 0 Å². The van der Waals surface area contributed by atoms with E-state index in [-0.39, 0.29) is 0 Å². The van der Waals surface area contributed by atoms with E-state index in [2.05, 4.69) is 266 Å². The highest BCUT2D eigenvalue weighted by Crippen LogP contribution is 2.67. The minimum Gasteiger partial charge on any atom is -0.454 e. The van der Waals surface area contributed by atoms with Crippen LogP contribution in [0.3, 0.4) is 0 Å². The van der Waals surface area contributed by atoms with E-state index in [0.717, 1.165) is 88.8 Å². The van der Waals surface area contributed by atoms with E-state index in [1.165, 1.54) is 66.4 Å². The van der Waals surface area contributed by atoms with E-state index >= 15 is 0 Å². The predicted octanol–water partition coefficient (Wildman–Crippen LogP) is 19.7. The van der Waals surface area contributed by atoms with Gasteiger partial charge in [0.2, 0.25) is 0 Å². The van der Waals surface area contributed by atoms with Crippen molar-refractivity contribution in [2.75, 3.05) is 9.80 Å². The second-order valence-electron chi connectivity index (χ2n) is 20.4. The van der Waals surface area contributed by atoms with Gasteiger partial charge in [-0.2, -0.15) is 0 Å². The number of benzene rings is 12. The lowest BCUT2D eigenvalue weighted by Gasteiger charge is -2.34. The van der Waals surface area contributed by atoms with E-state index in [1.54, 1.807) is 0 Å². The minimum absolute atomic E-state index is 0.733. The zero-order chi connectivity index (χ0) is 49.5. The molecule has 0 aliphatic heterocycles. The van der Waals surface area contributed by atoms with Crippen LogP contribution < -0.4 is 9.80 Å². The van der Waals surface area contributed by atoms with Gasteiger partial charge >= 0.3 is 0 Å². The van der Waals surface area contributed by atoms with Crippen LogP contribution in [0.4, 0.5) is 34.1 Å². The van der Waals surface area contributed by atoms with Crippen molar-refractivity contribution in [2.24, 2.45) is 0 Å². The first-order chi connectivity index (χ1) is 37.0. The molecule has 2 heterocycles. The number of rotatable bonds is 6. The SMILES string of the molecule is Cc1cccc(N(c2cc3c(c4ccccc24)-c2c(cc(N(c4cccc(C)c4)c4cccc5c4oc4ccccc45)c4ccccc24)C32c3ccccc3-c3ccccc32)c2cccc3c2oc2ccccc23)c1. The van der Waals surface area contributed by atoms with E-state index in [1.807, 2.05) is 0 Å². The molecule has 4 heteroatoms. The fraction of sp³-hybridized carbons (Fsp3) is 0.0423. The molecule has 0 radical (unpaired) electrons. The van der Waals surface area contributed by atoms with E-state index in [4.69, 9.17) is 8.83 Å². The molecule has 12 aromatic carbocycles. The molecule has 0 N–H and O–H groups in total. The first-order valence-electron chi connectivity index (χ1n) is 25.9. The molecule has 2 aromatic heterocycles. The van der Waals surface area contributed by atoms with Crippen molar-refractivity contribution < 1.29 is 8.83 Å². The number of furan rings is 2. The smallest absolute Gasteiger partial charge is 0.159 e. The molecule has 352 valence electrons. The largest absolute Gasteiger partial charge is 0.454 e. The maximum atomic E-state index is 6.93. The van der Waals surface area contributed by atoms with Crippen molar-refractivity contribution in [2.45, 2.75) is 19.3 Å². The molecule has 16 rings (SSSR count). The minimum atomic E-state index is -0.733. The van der Waals surface area contributed by atoms with Gasteiger partial charge in [0.15, 0.2) is 11.2 Å². The number of anilines is 6. The molecule has 75 heavy (non-hydrogen) atoms. The zero-order valence-electron chi connectivity index (χ0n) is 41.3. The van der Waals surface area contributed by atoms with Gasteiger partial charge < -0.3 is 18.6 Å². The van der Waals surface area contributed by atoms with Crippen LogP contribution in [0.15, 0.2) is 251 Å². The number of hydrogen-bond donors (Lipinski definition) is 0. The summed E-state index contributed by atoms with van der Waals surface area (Å²) in [6.07, 6.45) is 0. The lowest BCUT2D eigenvalue weighted by atomic mass is 9.70. The Labute approximate surface area is 433 Å². The summed E-state index contributed by atoms with van der Waals surface area (Å²) in [5.74, 6) is 0. The number of nitrogens with zero attached hydrogens (tertiary/aromatic N) is 2. The Morgan fingerprint density at radius 1 is 0.293 bits per heavy atom. The molecular weight excluding hydrogens is 913 g/mol. The van der Waals surface area contributed by atoms with Crippen LogP contribution in [-0.2, 0) is 5.41 Å². The number of fused-ring (bicyclic) bond motifs is 20. The lowest BCUT2D eigenvalue weighted by molar-refractivity contribution is 0.669. The van der Waals surface area contributed by atoms with Crippen molar-refractivity contribution in [3.8, 4) is 22.3 Å². The summed E-state index contributed by atoms with van der Waals surface area (Å²) in [5, 5.41) is 9.07. The van der Waals surface area contributed by atoms with Gasteiger partial charge in [-0.25, -0.2) is 0 Å². The van der Waals surface area contributed by atoms with Gasteiger partial charge in [0.25, 0.3) is 0 Å². The van der Waals surface area contributed by atoms with Crippen molar-refractivity contribution in [1.29, 1.82) is 0 Å². The number of aryl methyl sites for hydroxylation is 2. The quantitative estimate of drug-likeness (QED) is 0.166.